The van der Waals surface area contributed by atoms with Crippen molar-refractivity contribution >= 4 is 66.1 Å². The van der Waals surface area contributed by atoms with E-state index < -0.39 is 0 Å². The number of rotatable bonds is 8. The van der Waals surface area contributed by atoms with E-state index in [0.29, 0.717) is 18.2 Å². The summed E-state index contributed by atoms with van der Waals surface area (Å²) < 4.78 is 4.84. The van der Waals surface area contributed by atoms with Crippen molar-refractivity contribution < 1.29 is 0 Å². The highest BCUT2D eigenvalue weighted by Crippen LogP contribution is 2.51. The average Bonchev–Trinajstić information content (AvgIpc) is 4.09. The van der Waals surface area contributed by atoms with Crippen molar-refractivity contribution in [2.24, 2.45) is 15.7 Å². The van der Waals surface area contributed by atoms with E-state index in [1.807, 2.05) is 48.5 Å². The molecule has 0 aliphatic heterocycles. The first-order chi connectivity index (χ1) is 35.6. The Morgan fingerprint density at radius 3 is 1.67 bits per heavy atom. The van der Waals surface area contributed by atoms with E-state index in [9.17, 15) is 0 Å². The molecule has 0 unspecified atom stereocenters. The molecule has 1 aliphatic rings. The number of amidine groups is 2. The fourth-order valence-electron chi connectivity index (χ4n) is 11.2. The van der Waals surface area contributed by atoms with E-state index in [-0.39, 0.29) is 0 Å². The molecule has 1 aliphatic carbocycles. The minimum atomic E-state index is 0.427. The number of aromatic nitrogens is 2. The van der Waals surface area contributed by atoms with Crippen molar-refractivity contribution in [3.8, 4) is 55.9 Å². The second-order valence-corrected chi connectivity index (χ2v) is 18.7. The highest BCUT2D eigenvalue weighted by atomic mass is 15.0. The third-order valence-corrected chi connectivity index (χ3v) is 14.5. The van der Waals surface area contributed by atoms with E-state index in [1.54, 1.807) is 0 Å². The van der Waals surface area contributed by atoms with Gasteiger partial charge in [0.25, 0.3) is 0 Å². The molecule has 0 atom stereocenters. The van der Waals surface area contributed by atoms with Gasteiger partial charge in [-0.1, -0.05) is 182 Å². The van der Waals surface area contributed by atoms with Gasteiger partial charge in [0.2, 0.25) is 0 Å². The molecule has 2 heterocycles. The van der Waals surface area contributed by atoms with Crippen molar-refractivity contribution in [2.75, 3.05) is 0 Å². The normalized spacial score (nSPS) is 12.4. The molecule has 11 aromatic carbocycles. The molecule has 2 aromatic heterocycles. The number of aliphatic imine (C=N–C) groups is 2. The number of benzene rings is 11. The van der Waals surface area contributed by atoms with Crippen molar-refractivity contribution in [1.82, 2.24) is 9.13 Å². The summed E-state index contributed by atoms with van der Waals surface area (Å²) in [5.74, 6) is 1.02. The van der Waals surface area contributed by atoms with Gasteiger partial charge in [-0.15, -0.1) is 0 Å². The molecular weight excluding hydrogens is 875 g/mol. The number of hydrogen-bond donors (Lipinski definition) is 1. The number of para-hydroxylation sites is 2. The summed E-state index contributed by atoms with van der Waals surface area (Å²) in [6.07, 6.45) is 0. The zero-order valence-corrected chi connectivity index (χ0v) is 39.2. The molecule has 0 radical (unpaired) electrons. The second kappa shape index (κ2) is 16.8. The van der Waals surface area contributed by atoms with Crippen LogP contribution in [-0.2, 0) is 6.54 Å². The van der Waals surface area contributed by atoms with Crippen LogP contribution in [0.3, 0.4) is 0 Å². The maximum absolute atomic E-state index is 6.59. The molecule has 0 bridgehead atoms. The Bertz CT molecular complexity index is 4330. The second-order valence-electron chi connectivity index (χ2n) is 18.7. The summed E-state index contributed by atoms with van der Waals surface area (Å²) >= 11 is 0. The summed E-state index contributed by atoms with van der Waals surface area (Å²) in [5, 5.41) is 7.60. The van der Waals surface area contributed by atoms with Crippen molar-refractivity contribution in [3.63, 3.8) is 0 Å². The topological polar surface area (TPSA) is 60.6 Å². The van der Waals surface area contributed by atoms with E-state index in [1.165, 1.54) is 82.2 Å². The highest BCUT2D eigenvalue weighted by molar-refractivity contribution is 6.29. The van der Waals surface area contributed by atoms with Crippen LogP contribution in [0.5, 0.6) is 0 Å². The number of fused-ring (bicyclic) bond motifs is 10. The van der Waals surface area contributed by atoms with Gasteiger partial charge in [0.1, 0.15) is 5.84 Å². The molecule has 0 spiro atoms. The van der Waals surface area contributed by atoms with Gasteiger partial charge < -0.3 is 14.9 Å². The van der Waals surface area contributed by atoms with Crippen LogP contribution in [0.2, 0.25) is 0 Å². The van der Waals surface area contributed by atoms with E-state index in [0.717, 1.165) is 44.7 Å². The molecule has 2 N–H and O–H groups in total. The number of hydrogen-bond acceptors (Lipinski definition) is 1. The van der Waals surface area contributed by atoms with Crippen LogP contribution < -0.4 is 5.73 Å². The fourth-order valence-corrected chi connectivity index (χ4v) is 11.2. The Kier molecular flexibility index (Phi) is 9.68. The van der Waals surface area contributed by atoms with Gasteiger partial charge in [0.05, 0.1) is 28.6 Å². The zero-order valence-electron chi connectivity index (χ0n) is 39.2. The summed E-state index contributed by atoms with van der Waals surface area (Å²) in [7, 11) is 0. The summed E-state index contributed by atoms with van der Waals surface area (Å²) in [6, 6.07) is 89.1. The Balaban J connectivity index is 0.851. The van der Waals surface area contributed by atoms with Crippen LogP contribution in [0.15, 0.2) is 259 Å². The van der Waals surface area contributed by atoms with Crippen LogP contribution >= 0.6 is 0 Å². The first-order valence-corrected chi connectivity index (χ1v) is 24.5. The number of nitrogens with two attached hydrogens (primary N) is 1. The largest absolute Gasteiger partial charge is 0.383 e. The lowest BCUT2D eigenvalue weighted by atomic mass is 9.96. The third-order valence-electron chi connectivity index (χ3n) is 14.5. The minimum absolute atomic E-state index is 0.427. The van der Waals surface area contributed by atoms with Gasteiger partial charge in [-0.25, -0.2) is 4.99 Å². The Morgan fingerprint density at radius 2 is 0.889 bits per heavy atom. The SMILES string of the molecule is NC(=NC(=NCc1ccccc1)c1cccc(-c2ccc(-n3c4ccccc4c4cc(-c5ccc6c(c5)c5c7cccc8c7c(cc5n6-c5ccccc5)-c5ccccc5-8)ccc43)cc2)c1)c1ccccc1. The van der Waals surface area contributed by atoms with Gasteiger partial charge >= 0.3 is 0 Å². The Morgan fingerprint density at radius 1 is 0.347 bits per heavy atom. The molecule has 5 nitrogen and oxygen atoms in total. The predicted octanol–water partition coefficient (Wildman–Crippen LogP) is 16.4. The summed E-state index contributed by atoms with van der Waals surface area (Å²) in [5.41, 5.74) is 26.2. The molecule has 14 rings (SSSR count). The molecule has 13 aromatic rings. The van der Waals surface area contributed by atoms with E-state index >= 15 is 0 Å². The minimum Gasteiger partial charge on any atom is -0.383 e. The molecule has 0 saturated heterocycles. The Hall–Kier alpha value is -9.58. The lowest BCUT2D eigenvalue weighted by Crippen LogP contribution is -2.16. The first kappa shape index (κ1) is 41.4. The molecule has 5 heteroatoms. The molecule has 0 fully saturated rings. The highest BCUT2D eigenvalue weighted by Gasteiger charge is 2.26. The van der Waals surface area contributed by atoms with Gasteiger partial charge in [0.15, 0.2) is 5.84 Å². The van der Waals surface area contributed by atoms with Gasteiger partial charge in [-0.05, 0) is 128 Å². The van der Waals surface area contributed by atoms with Gasteiger partial charge in [0, 0.05) is 44.0 Å². The van der Waals surface area contributed by atoms with Crippen molar-refractivity contribution in [3.05, 3.63) is 265 Å². The number of nitrogens with zero attached hydrogens (tertiary/aromatic N) is 4. The Labute approximate surface area is 416 Å². The molecule has 0 saturated carbocycles. The zero-order chi connectivity index (χ0) is 47.7. The van der Waals surface area contributed by atoms with Crippen LogP contribution in [0.25, 0.3) is 110 Å². The van der Waals surface area contributed by atoms with Crippen LogP contribution in [0.4, 0.5) is 0 Å². The van der Waals surface area contributed by atoms with Crippen molar-refractivity contribution in [1.29, 1.82) is 0 Å². The predicted molar refractivity (Wildman–Crippen MR) is 302 cm³/mol. The van der Waals surface area contributed by atoms with Crippen LogP contribution in [0.1, 0.15) is 16.7 Å². The monoisotopic (exact) mass is 919 g/mol. The first-order valence-electron chi connectivity index (χ1n) is 24.5. The molecular formula is C67H45N5. The standard InChI is InChI=1S/C67H45N5/c68-66(45-18-6-2-7-19-45)70-67(69-42-43-16-4-1-5-17-43)49-21-14-20-46(38-49)44-30-34-51(35-31-44)71-60-29-13-12-26-54(60)57-39-47(32-36-61(57)71)48-33-37-62-59(40-48)65-56-28-15-27-55-52-24-10-11-25-53(52)58(64(55)56)41-63(65)72(62)50-22-8-3-9-23-50/h1-41H,42H2,(H2,68,69,70). The maximum Gasteiger partial charge on any atom is 0.157 e. The van der Waals surface area contributed by atoms with Gasteiger partial charge in [-0.2, -0.15) is 0 Å². The quantitative estimate of drug-likeness (QED) is 0.120. The fraction of sp³-hybridized carbons (Fsp3) is 0.0149. The van der Waals surface area contributed by atoms with Gasteiger partial charge in [-0.3, -0.25) is 4.99 Å². The van der Waals surface area contributed by atoms with E-state index in [4.69, 9.17) is 15.7 Å². The van der Waals surface area contributed by atoms with E-state index in [2.05, 4.69) is 209 Å². The third kappa shape index (κ3) is 6.78. The molecule has 338 valence electrons. The molecule has 0 amide bonds. The van der Waals surface area contributed by atoms with Crippen molar-refractivity contribution in [2.45, 2.75) is 6.54 Å². The smallest absolute Gasteiger partial charge is 0.157 e. The lowest BCUT2D eigenvalue weighted by molar-refractivity contribution is 1.06. The summed E-state index contributed by atoms with van der Waals surface area (Å²) in [4.78, 5) is 9.90. The maximum atomic E-state index is 6.59. The van der Waals surface area contributed by atoms with Crippen LogP contribution in [0, 0.1) is 0 Å². The lowest BCUT2D eigenvalue weighted by Gasteiger charge is -2.11. The summed E-state index contributed by atoms with van der Waals surface area (Å²) in [6.45, 7) is 0.491. The molecule has 72 heavy (non-hydrogen) atoms. The average molecular weight is 920 g/mol. The van der Waals surface area contributed by atoms with Crippen LogP contribution in [-0.4, -0.2) is 20.8 Å².